The third-order valence-electron chi connectivity index (χ3n) is 5.54. The Balaban J connectivity index is 0.00000105. The van der Waals surface area contributed by atoms with Gasteiger partial charge in [-0.25, -0.2) is 13.9 Å². The van der Waals surface area contributed by atoms with Crippen molar-refractivity contribution >= 4 is 17.4 Å². The number of nitrogens with one attached hydrogen (secondary N) is 1. The molecule has 1 unspecified atom stereocenters. The van der Waals surface area contributed by atoms with Gasteiger partial charge in [-0.1, -0.05) is 31.1 Å². The van der Waals surface area contributed by atoms with E-state index >= 15 is 0 Å². The first-order valence-electron chi connectivity index (χ1n) is 11.1. The SMILES string of the molecule is CC.Cc1cc(C(=O)NC2C[C@H](c3cccc(F)c3)N(c3ccc4ncc(C)n4n3)C2)no1.[HH]. The molecule has 5 rings (SSSR count). The summed E-state index contributed by atoms with van der Waals surface area (Å²) >= 11 is 0. The Hall–Kier alpha value is -3.75. The number of amides is 1. The van der Waals surface area contributed by atoms with Crippen molar-refractivity contribution in [1.82, 2.24) is 25.1 Å². The number of benzene rings is 1. The molecule has 1 aromatic carbocycles. The summed E-state index contributed by atoms with van der Waals surface area (Å²) in [6, 6.07) is 11.6. The van der Waals surface area contributed by atoms with Crippen LogP contribution in [0.3, 0.4) is 0 Å². The van der Waals surface area contributed by atoms with Crippen LogP contribution < -0.4 is 10.2 Å². The normalized spacial score (nSPS) is 17.7. The highest BCUT2D eigenvalue weighted by Gasteiger charge is 2.35. The highest BCUT2D eigenvalue weighted by Crippen LogP contribution is 2.36. The van der Waals surface area contributed by atoms with Gasteiger partial charge in [0.2, 0.25) is 0 Å². The number of hydrogen-bond donors (Lipinski definition) is 1. The van der Waals surface area contributed by atoms with Gasteiger partial charge in [0.15, 0.2) is 11.3 Å². The molecule has 0 aliphatic carbocycles. The van der Waals surface area contributed by atoms with Crippen LogP contribution in [0.25, 0.3) is 5.65 Å². The Morgan fingerprint density at radius 2 is 2.03 bits per heavy atom. The number of anilines is 1. The minimum atomic E-state index is -0.296. The average molecular weight is 453 g/mol. The van der Waals surface area contributed by atoms with Gasteiger partial charge in [0.1, 0.15) is 17.4 Å². The monoisotopic (exact) mass is 452 g/mol. The molecular formula is C24H29FN6O2. The number of nitrogens with zero attached hydrogens (tertiary/aromatic N) is 5. The Kier molecular flexibility index (Phi) is 6.39. The zero-order valence-corrected chi connectivity index (χ0v) is 19.1. The lowest BCUT2D eigenvalue weighted by molar-refractivity contribution is 0.0930. The molecule has 3 aromatic heterocycles. The van der Waals surface area contributed by atoms with Crippen molar-refractivity contribution in [2.75, 3.05) is 11.4 Å². The van der Waals surface area contributed by atoms with E-state index in [9.17, 15) is 9.18 Å². The van der Waals surface area contributed by atoms with E-state index in [2.05, 4.69) is 20.4 Å². The zero-order valence-electron chi connectivity index (χ0n) is 19.1. The van der Waals surface area contributed by atoms with E-state index < -0.39 is 0 Å². The molecule has 0 saturated carbocycles. The topological polar surface area (TPSA) is 88.6 Å². The first kappa shape index (κ1) is 22.4. The molecule has 2 atom stereocenters. The van der Waals surface area contributed by atoms with E-state index in [4.69, 9.17) is 9.62 Å². The quantitative estimate of drug-likeness (QED) is 0.491. The van der Waals surface area contributed by atoms with Gasteiger partial charge < -0.3 is 14.7 Å². The number of aromatic nitrogens is 4. The van der Waals surface area contributed by atoms with Gasteiger partial charge in [-0.05, 0) is 50.1 Å². The minimum absolute atomic E-state index is 0. The number of carbonyl (C=O) groups excluding carboxylic acids is 1. The molecule has 4 aromatic rings. The van der Waals surface area contributed by atoms with Gasteiger partial charge in [0, 0.05) is 20.1 Å². The van der Waals surface area contributed by atoms with Gasteiger partial charge in [-0.3, -0.25) is 4.79 Å². The Labute approximate surface area is 192 Å². The molecule has 1 aliphatic heterocycles. The van der Waals surface area contributed by atoms with Gasteiger partial charge in [0.05, 0.1) is 17.9 Å². The van der Waals surface area contributed by atoms with E-state index in [0.29, 0.717) is 18.7 Å². The lowest BCUT2D eigenvalue weighted by Gasteiger charge is -2.26. The van der Waals surface area contributed by atoms with Gasteiger partial charge in [-0.15, -0.1) is 5.10 Å². The highest BCUT2D eigenvalue weighted by atomic mass is 19.1. The van der Waals surface area contributed by atoms with Crippen LogP contribution in [0.15, 0.2) is 53.2 Å². The predicted molar refractivity (Wildman–Crippen MR) is 125 cm³/mol. The summed E-state index contributed by atoms with van der Waals surface area (Å²) in [6.07, 6.45) is 2.37. The van der Waals surface area contributed by atoms with E-state index in [0.717, 1.165) is 22.7 Å². The van der Waals surface area contributed by atoms with Crippen LogP contribution >= 0.6 is 0 Å². The number of fused-ring (bicyclic) bond motifs is 1. The molecule has 1 saturated heterocycles. The number of aryl methyl sites for hydroxylation is 2. The largest absolute Gasteiger partial charge is 0.361 e. The van der Waals surface area contributed by atoms with Crippen LogP contribution in [0.1, 0.15) is 55.2 Å². The average Bonchev–Trinajstić information content (AvgIpc) is 3.54. The number of halogens is 1. The van der Waals surface area contributed by atoms with E-state index in [1.54, 1.807) is 29.8 Å². The molecule has 33 heavy (non-hydrogen) atoms. The summed E-state index contributed by atoms with van der Waals surface area (Å²) in [5, 5.41) is 11.5. The molecule has 1 aliphatic rings. The minimum Gasteiger partial charge on any atom is -0.361 e. The zero-order chi connectivity index (χ0) is 23.5. The number of imidazole rings is 1. The Bertz CT molecular complexity index is 1270. The summed E-state index contributed by atoms with van der Waals surface area (Å²) in [5.41, 5.74) is 2.75. The maximum absolute atomic E-state index is 14.0. The first-order chi connectivity index (χ1) is 16.0. The van der Waals surface area contributed by atoms with Gasteiger partial charge >= 0.3 is 0 Å². The summed E-state index contributed by atoms with van der Waals surface area (Å²) < 4.78 is 20.8. The first-order valence-corrected chi connectivity index (χ1v) is 11.1. The van der Waals surface area contributed by atoms with Crippen LogP contribution in [0, 0.1) is 19.7 Å². The molecule has 0 radical (unpaired) electrons. The van der Waals surface area contributed by atoms with Crippen LogP contribution in [-0.4, -0.2) is 38.2 Å². The molecule has 1 amide bonds. The van der Waals surface area contributed by atoms with Crippen molar-refractivity contribution in [3.05, 3.63) is 77.2 Å². The smallest absolute Gasteiger partial charge is 0.273 e. The van der Waals surface area contributed by atoms with Crippen molar-refractivity contribution in [2.24, 2.45) is 0 Å². The van der Waals surface area contributed by atoms with Crippen molar-refractivity contribution in [3.8, 4) is 0 Å². The van der Waals surface area contributed by atoms with Crippen LogP contribution in [0.4, 0.5) is 10.2 Å². The molecule has 0 spiro atoms. The molecule has 1 fully saturated rings. The van der Waals surface area contributed by atoms with Crippen molar-refractivity contribution in [3.63, 3.8) is 0 Å². The van der Waals surface area contributed by atoms with Crippen molar-refractivity contribution in [1.29, 1.82) is 0 Å². The maximum Gasteiger partial charge on any atom is 0.273 e. The maximum atomic E-state index is 14.0. The molecule has 0 bridgehead atoms. The molecule has 4 heterocycles. The van der Waals surface area contributed by atoms with Gasteiger partial charge in [-0.2, -0.15) is 0 Å². The molecule has 174 valence electrons. The number of rotatable bonds is 4. The number of hydrogen-bond acceptors (Lipinski definition) is 6. The van der Waals surface area contributed by atoms with Crippen LogP contribution in [0.5, 0.6) is 0 Å². The third kappa shape index (κ3) is 4.57. The summed E-state index contributed by atoms with van der Waals surface area (Å²) in [7, 11) is 0. The fraction of sp³-hybridized carbons (Fsp3) is 0.333. The lowest BCUT2D eigenvalue weighted by Crippen LogP contribution is -2.37. The van der Waals surface area contributed by atoms with Crippen molar-refractivity contribution in [2.45, 2.75) is 46.2 Å². The summed E-state index contributed by atoms with van der Waals surface area (Å²) in [5.74, 6) is 0.716. The third-order valence-corrected chi connectivity index (χ3v) is 5.54. The van der Waals surface area contributed by atoms with Gasteiger partial charge in [0.25, 0.3) is 5.91 Å². The summed E-state index contributed by atoms with van der Waals surface area (Å²) in [6.45, 7) is 8.20. The van der Waals surface area contributed by atoms with Crippen molar-refractivity contribution < 1.29 is 15.1 Å². The predicted octanol–water partition coefficient (Wildman–Crippen LogP) is 4.50. The molecular weight excluding hydrogens is 423 g/mol. The summed E-state index contributed by atoms with van der Waals surface area (Å²) in [4.78, 5) is 19.0. The standard InChI is InChI=1S/C22H21FN6O2.C2H6.H2/c1-13-11-24-20-6-7-21(26-29(13)20)28-12-17(25-22(30)18-8-14(2)31-27-18)10-19(28)15-4-3-5-16(23)9-15;1-2;/h3-9,11,17,19H,10,12H2,1-2H3,(H,25,30);1-2H3;1H/t17?,19-;;/m1../s1. The fourth-order valence-electron chi connectivity index (χ4n) is 4.09. The second kappa shape index (κ2) is 9.40. The fourth-order valence-corrected chi connectivity index (χ4v) is 4.09. The Morgan fingerprint density at radius 1 is 1.21 bits per heavy atom. The van der Waals surface area contributed by atoms with Crippen LogP contribution in [0.2, 0.25) is 0 Å². The molecule has 9 heteroatoms. The molecule has 1 N–H and O–H groups in total. The highest BCUT2D eigenvalue weighted by molar-refractivity contribution is 5.92. The second-order valence-corrected chi connectivity index (χ2v) is 7.81. The van der Waals surface area contributed by atoms with E-state index in [1.165, 1.54) is 12.1 Å². The van der Waals surface area contributed by atoms with Crippen LogP contribution in [-0.2, 0) is 0 Å². The lowest BCUT2D eigenvalue weighted by atomic mass is 10.0. The van der Waals surface area contributed by atoms with E-state index in [1.807, 2.05) is 39.0 Å². The number of carbonyl (C=O) groups is 1. The van der Waals surface area contributed by atoms with E-state index in [-0.39, 0.29) is 30.9 Å². The molecule has 8 nitrogen and oxygen atoms in total. The second-order valence-electron chi connectivity index (χ2n) is 7.81. The Morgan fingerprint density at radius 3 is 2.76 bits per heavy atom.